The van der Waals surface area contributed by atoms with Crippen LogP contribution in [0.3, 0.4) is 0 Å². The Morgan fingerprint density at radius 2 is 2.18 bits per heavy atom. The molecule has 0 aromatic heterocycles. The number of methoxy groups -OCH3 is 1. The van der Waals surface area contributed by atoms with Crippen molar-refractivity contribution in [2.45, 2.75) is 25.8 Å². The zero-order valence-corrected chi connectivity index (χ0v) is 13.7. The van der Waals surface area contributed by atoms with E-state index in [1.165, 1.54) is 0 Å². The summed E-state index contributed by atoms with van der Waals surface area (Å²) in [5.41, 5.74) is 2.17. The van der Waals surface area contributed by atoms with Gasteiger partial charge in [-0.3, -0.25) is 0 Å². The molecule has 1 aliphatic rings. The highest BCUT2D eigenvalue weighted by Crippen LogP contribution is 2.19. The van der Waals surface area contributed by atoms with Gasteiger partial charge in [-0.05, 0) is 31.4 Å². The maximum atomic E-state index is 11.8. The molecule has 1 saturated heterocycles. The molecular formula is C15H22N2O4S. The Morgan fingerprint density at radius 1 is 1.41 bits per heavy atom. The largest absolute Gasteiger partial charge is 0.496 e. The summed E-state index contributed by atoms with van der Waals surface area (Å²) in [5, 5.41) is 5.46. The van der Waals surface area contributed by atoms with Gasteiger partial charge < -0.3 is 15.4 Å². The molecule has 1 atom stereocenters. The van der Waals surface area contributed by atoms with Gasteiger partial charge in [-0.2, -0.15) is 0 Å². The number of sulfone groups is 1. The zero-order chi connectivity index (χ0) is 16.2. The van der Waals surface area contributed by atoms with Crippen molar-refractivity contribution in [3.8, 4) is 5.75 Å². The Balaban J connectivity index is 1.79. The Hall–Kier alpha value is -1.76. The predicted molar refractivity (Wildman–Crippen MR) is 85.0 cm³/mol. The van der Waals surface area contributed by atoms with Gasteiger partial charge in [-0.1, -0.05) is 17.7 Å². The maximum absolute atomic E-state index is 11.8. The quantitative estimate of drug-likeness (QED) is 0.846. The number of ether oxygens (including phenoxy) is 1. The first-order valence-electron chi connectivity index (χ1n) is 7.28. The van der Waals surface area contributed by atoms with Gasteiger partial charge >= 0.3 is 6.03 Å². The fourth-order valence-corrected chi connectivity index (χ4v) is 4.23. The monoisotopic (exact) mass is 326 g/mol. The van der Waals surface area contributed by atoms with Crippen molar-refractivity contribution in [3.63, 3.8) is 0 Å². The minimum atomic E-state index is -2.98. The number of hydrogen-bond donors (Lipinski definition) is 2. The summed E-state index contributed by atoms with van der Waals surface area (Å²) in [7, 11) is -1.36. The first-order valence-corrected chi connectivity index (χ1v) is 9.10. The third-order valence-electron chi connectivity index (χ3n) is 3.68. The van der Waals surface area contributed by atoms with Crippen LogP contribution in [0.2, 0.25) is 0 Å². The van der Waals surface area contributed by atoms with Crippen LogP contribution < -0.4 is 15.4 Å². The predicted octanol–water partition coefficient (Wildman–Crippen LogP) is 1.03. The highest BCUT2D eigenvalue weighted by molar-refractivity contribution is 7.91. The van der Waals surface area contributed by atoms with Gasteiger partial charge in [-0.25, -0.2) is 13.2 Å². The second-order valence-corrected chi connectivity index (χ2v) is 7.79. The SMILES string of the molecule is COc1ccc(C)cc1CCNC(=O)NC1CCS(=O)(=O)C1. The van der Waals surface area contributed by atoms with Crippen LogP contribution >= 0.6 is 0 Å². The number of carbonyl (C=O) groups is 1. The van der Waals surface area contributed by atoms with E-state index < -0.39 is 9.84 Å². The fourth-order valence-electron chi connectivity index (χ4n) is 2.56. The van der Waals surface area contributed by atoms with Crippen molar-refractivity contribution in [1.29, 1.82) is 0 Å². The van der Waals surface area contributed by atoms with Gasteiger partial charge in [0, 0.05) is 12.6 Å². The standard InChI is InChI=1S/C15H22N2O4S/c1-11-3-4-14(21-2)12(9-11)5-7-16-15(18)17-13-6-8-22(19,20)10-13/h3-4,9,13H,5-8,10H2,1-2H3,(H2,16,17,18). The summed E-state index contributed by atoms with van der Waals surface area (Å²) in [4.78, 5) is 11.8. The molecular weight excluding hydrogens is 304 g/mol. The summed E-state index contributed by atoms with van der Waals surface area (Å²) < 4.78 is 28.0. The van der Waals surface area contributed by atoms with Gasteiger partial charge in [0.15, 0.2) is 9.84 Å². The molecule has 7 heteroatoms. The number of hydrogen-bond acceptors (Lipinski definition) is 4. The molecule has 1 unspecified atom stereocenters. The van der Waals surface area contributed by atoms with Crippen LogP contribution in [-0.2, 0) is 16.3 Å². The highest BCUT2D eigenvalue weighted by Gasteiger charge is 2.28. The molecule has 0 radical (unpaired) electrons. The minimum Gasteiger partial charge on any atom is -0.496 e. The number of nitrogens with one attached hydrogen (secondary N) is 2. The van der Waals surface area contributed by atoms with Gasteiger partial charge in [0.05, 0.1) is 18.6 Å². The van der Waals surface area contributed by atoms with Crippen molar-refractivity contribution in [1.82, 2.24) is 10.6 Å². The third kappa shape index (κ3) is 4.62. The highest BCUT2D eigenvalue weighted by atomic mass is 32.2. The minimum absolute atomic E-state index is 0.0339. The van der Waals surface area contributed by atoms with Crippen LogP contribution in [0, 0.1) is 6.92 Å². The molecule has 0 spiro atoms. The van der Waals surface area contributed by atoms with Crippen LogP contribution in [0.15, 0.2) is 18.2 Å². The number of benzene rings is 1. The van der Waals surface area contributed by atoms with E-state index in [4.69, 9.17) is 4.74 Å². The molecule has 2 amide bonds. The van der Waals surface area contributed by atoms with Crippen molar-refractivity contribution in [2.75, 3.05) is 25.2 Å². The molecule has 2 rings (SSSR count). The third-order valence-corrected chi connectivity index (χ3v) is 5.45. The number of carbonyl (C=O) groups excluding carboxylic acids is 1. The van der Waals surface area contributed by atoms with E-state index >= 15 is 0 Å². The summed E-state index contributed by atoms with van der Waals surface area (Å²) in [6.07, 6.45) is 1.14. The molecule has 1 aromatic rings. The topological polar surface area (TPSA) is 84.5 Å². The fraction of sp³-hybridized carbons (Fsp3) is 0.533. The Morgan fingerprint density at radius 3 is 2.82 bits per heavy atom. The molecule has 1 aliphatic heterocycles. The van der Waals surface area contributed by atoms with Crippen molar-refractivity contribution in [2.24, 2.45) is 0 Å². The average molecular weight is 326 g/mol. The summed E-state index contributed by atoms with van der Waals surface area (Å²) in [6, 6.07) is 5.31. The summed E-state index contributed by atoms with van der Waals surface area (Å²) in [5.74, 6) is 0.986. The molecule has 0 saturated carbocycles. The molecule has 1 fully saturated rings. The zero-order valence-electron chi connectivity index (χ0n) is 12.9. The smallest absolute Gasteiger partial charge is 0.315 e. The van der Waals surface area contributed by atoms with E-state index in [1.54, 1.807) is 7.11 Å². The average Bonchev–Trinajstić information content (AvgIpc) is 2.78. The maximum Gasteiger partial charge on any atom is 0.315 e. The molecule has 122 valence electrons. The molecule has 6 nitrogen and oxygen atoms in total. The van der Waals surface area contributed by atoms with E-state index in [0.717, 1.165) is 16.9 Å². The lowest BCUT2D eigenvalue weighted by molar-refractivity contribution is 0.238. The van der Waals surface area contributed by atoms with Crippen LogP contribution in [0.25, 0.3) is 0 Å². The number of amides is 2. The van der Waals surface area contributed by atoms with Gasteiger partial charge in [-0.15, -0.1) is 0 Å². The molecule has 1 heterocycles. The van der Waals surface area contributed by atoms with Gasteiger partial charge in [0.1, 0.15) is 5.75 Å². The summed E-state index contributed by atoms with van der Waals surface area (Å²) in [6.45, 7) is 2.47. The van der Waals surface area contributed by atoms with Crippen LogP contribution in [0.1, 0.15) is 17.5 Å². The second-order valence-electron chi connectivity index (χ2n) is 5.57. The number of aryl methyl sites for hydroxylation is 1. The van der Waals surface area contributed by atoms with E-state index in [9.17, 15) is 13.2 Å². The van der Waals surface area contributed by atoms with Crippen LogP contribution in [0.5, 0.6) is 5.75 Å². The molecule has 22 heavy (non-hydrogen) atoms. The first-order chi connectivity index (χ1) is 10.4. The van der Waals surface area contributed by atoms with Crippen molar-refractivity contribution < 1.29 is 17.9 Å². The lowest BCUT2D eigenvalue weighted by Gasteiger charge is -2.13. The Bertz CT molecular complexity index is 643. The molecule has 0 aliphatic carbocycles. The molecule has 0 bridgehead atoms. The lowest BCUT2D eigenvalue weighted by Crippen LogP contribution is -2.43. The molecule has 1 aromatic carbocycles. The molecule has 2 N–H and O–H groups in total. The van der Waals surface area contributed by atoms with Crippen molar-refractivity contribution in [3.05, 3.63) is 29.3 Å². The summed E-state index contributed by atoms with van der Waals surface area (Å²) >= 11 is 0. The van der Waals surface area contributed by atoms with E-state index in [0.29, 0.717) is 19.4 Å². The number of urea groups is 1. The number of rotatable bonds is 5. The Kier molecular flexibility index (Phi) is 5.28. The van der Waals surface area contributed by atoms with Crippen LogP contribution in [-0.4, -0.2) is 45.7 Å². The van der Waals surface area contributed by atoms with E-state index in [1.807, 2.05) is 25.1 Å². The first kappa shape index (κ1) is 16.6. The van der Waals surface area contributed by atoms with Gasteiger partial charge in [0.25, 0.3) is 0 Å². The Labute approximate surface area is 131 Å². The lowest BCUT2D eigenvalue weighted by atomic mass is 10.1. The van der Waals surface area contributed by atoms with Crippen molar-refractivity contribution >= 4 is 15.9 Å². The van der Waals surface area contributed by atoms with E-state index in [2.05, 4.69) is 10.6 Å². The normalized spacial score (nSPS) is 19.6. The second kappa shape index (κ2) is 7.00. The van der Waals surface area contributed by atoms with E-state index in [-0.39, 0.29) is 23.6 Å². The van der Waals surface area contributed by atoms with Gasteiger partial charge in [0.2, 0.25) is 0 Å². The van der Waals surface area contributed by atoms with Crippen LogP contribution in [0.4, 0.5) is 4.79 Å².